The van der Waals surface area contributed by atoms with Crippen LogP contribution in [0.15, 0.2) is 0 Å². The lowest BCUT2D eigenvalue weighted by atomic mass is 10.3. The van der Waals surface area contributed by atoms with Crippen LogP contribution < -0.4 is 5.32 Å². The molecule has 1 N–H and O–H groups in total. The van der Waals surface area contributed by atoms with Crippen LogP contribution in [-0.2, 0) is 9.47 Å². The zero-order chi connectivity index (χ0) is 8.85. The molecule has 0 heterocycles. The van der Waals surface area contributed by atoms with E-state index in [9.17, 15) is 0 Å². The number of rotatable bonds is 5. The molecular formula is C8H19NO2. The summed E-state index contributed by atoms with van der Waals surface area (Å²) in [6, 6.07) is 0.683. The molecule has 0 aromatic rings. The first kappa shape index (κ1) is 10.9. The zero-order valence-corrected chi connectivity index (χ0v) is 8.05. The van der Waals surface area contributed by atoms with Crippen LogP contribution in [-0.4, -0.2) is 32.6 Å². The van der Waals surface area contributed by atoms with E-state index in [0.29, 0.717) is 6.04 Å². The summed E-state index contributed by atoms with van der Waals surface area (Å²) in [6.07, 6.45) is -0.155. The third-order valence-corrected chi connectivity index (χ3v) is 1.47. The molecule has 3 nitrogen and oxygen atoms in total. The minimum absolute atomic E-state index is 0.155. The largest absolute Gasteiger partial charge is 0.354 e. The number of ether oxygens (including phenoxy) is 2. The monoisotopic (exact) mass is 161 g/mol. The van der Waals surface area contributed by atoms with Gasteiger partial charge in [0.25, 0.3) is 0 Å². The molecule has 1 unspecified atom stereocenters. The first-order valence-electron chi connectivity index (χ1n) is 3.93. The molecule has 0 fully saturated rings. The summed E-state index contributed by atoms with van der Waals surface area (Å²) in [5.74, 6) is 0. The average Bonchev–Trinajstić information content (AvgIpc) is 1.88. The Morgan fingerprint density at radius 1 is 1.00 bits per heavy atom. The number of nitrogens with one attached hydrogen (secondary N) is 1. The summed E-state index contributed by atoms with van der Waals surface area (Å²) < 4.78 is 10.2. The molecule has 0 saturated heterocycles. The molecule has 0 aliphatic carbocycles. The Hall–Kier alpha value is -0.120. The van der Waals surface area contributed by atoms with Crippen molar-refractivity contribution in [3.8, 4) is 0 Å². The second-order valence-electron chi connectivity index (χ2n) is 2.95. The zero-order valence-electron chi connectivity index (χ0n) is 8.05. The number of hydrogen-bond donors (Lipinski definition) is 1. The smallest absolute Gasteiger partial charge is 0.171 e. The van der Waals surface area contributed by atoms with Crippen molar-refractivity contribution in [1.29, 1.82) is 0 Å². The summed E-state index contributed by atoms with van der Waals surface area (Å²) in [5.41, 5.74) is 0. The van der Waals surface area contributed by atoms with E-state index in [2.05, 4.69) is 19.2 Å². The predicted molar refractivity (Wildman–Crippen MR) is 45.5 cm³/mol. The van der Waals surface area contributed by atoms with E-state index in [4.69, 9.17) is 9.47 Å². The highest BCUT2D eigenvalue weighted by Crippen LogP contribution is 1.99. The molecule has 0 spiro atoms. The van der Waals surface area contributed by atoms with Crippen molar-refractivity contribution in [2.45, 2.75) is 39.1 Å². The predicted octanol–water partition coefficient (Wildman–Crippen LogP) is 0.992. The van der Waals surface area contributed by atoms with Crippen molar-refractivity contribution in [2.24, 2.45) is 0 Å². The van der Waals surface area contributed by atoms with Crippen LogP contribution in [0.2, 0.25) is 0 Å². The minimum Gasteiger partial charge on any atom is -0.354 e. The van der Waals surface area contributed by atoms with E-state index < -0.39 is 0 Å². The Balaban J connectivity index is 3.68. The molecule has 0 aliphatic heterocycles. The quantitative estimate of drug-likeness (QED) is 0.610. The second-order valence-corrected chi connectivity index (χ2v) is 2.95. The van der Waals surface area contributed by atoms with Crippen LogP contribution in [0.4, 0.5) is 0 Å². The topological polar surface area (TPSA) is 30.5 Å². The van der Waals surface area contributed by atoms with Crippen molar-refractivity contribution in [3.63, 3.8) is 0 Å². The van der Waals surface area contributed by atoms with Crippen LogP contribution in [0.5, 0.6) is 0 Å². The summed E-state index contributed by atoms with van der Waals surface area (Å²) in [7, 11) is 3.29. The summed E-state index contributed by atoms with van der Waals surface area (Å²) in [4.78, 5) is 0. The first-order chi connectivity index (χ1) is 5.11. The highest BCUT2D eigenvalue weighted by Gasteiger charge is 2.15. The Morgan fingerprint density at radius 2 is 1.45 bits per heavy atom. The van der Waals surface area contributed by atoms with Gasteiger partial charge in [-0.25, -0.2) is 0 Å². The Labute approximate surface area is 69.1 Å². The third kappa shape index (κ3) is 4.35. The van der Waals surface area contributed by atoms with Gasteiger partial charge >= 0.3 is 0 Å². The Morgan fingerprint density at radius 3 is 1.73 bits per heavy atom. The number of methoxy groups -OCH3 is 2. The molecule has 11 heavy (non-hydrogen) atoms. The van der Waals surface area contributed by atoms with Crippen molar-refractivity contribution >= 4 is 0 Å². The molecule has 0 amide bonds. The molecular weight excluding hydrogens is 142 g/mol. The maximum atomic E-state index is 5.08. The lowest BCUT2D eigenvalue weighted by Crippen LogP contribution is -2.42. The van der Waals surface area contributed by atoms with Gasteiger partial charge in [-0.1, -0.05) is 13.8 Å². The maximum Gasteiger partial charge on any atom is 0.171 e. The molecule has 0 aromatic heterocycles. The fourth-order valence-corrected chi connectivity index (χ4v) is 1.11. The molecule has 68 valence electrons. The fourth-order valence-electron chi connectivity index (χ4n) is 1.11. The van der Waals surface area contributed by atoms with Crippen molar-refractivity contribution in [2.75, 3.05) is 14.2 Å². The summed E-state index contributed by atoms with van der Waals surface area (Å²) in [5, 5.41) is 3.29. The van der Waals surface area contributed by atoms with Crippen molar-refractivity contribution < 1.29 is 9.47 Å². The van der Waals surface area contributed by atoms with Gasteiger partial charge in [-0.15, -0.1) is 0 Å². The Kier molecular flexibility index (Phi) is 5.46. The van der Waals surface area contributed by atoms with Crippen molar-refractivity contribution in [1.82, 2.24) is 5.32 Å². The van der Waals surface area contributed by atoms with Gasteiger partial charge in [-0.05, 0) is 6.92 Å². The van der Waals surface area contributed by atoms with Gasteiger partial charge in [0.15, 0.2) is 6.29 Å². The van der Waals surface area contributed by atoms with E-state index in [1.807, 2.05) is 6.92 Å². The van der Waals surface area contributed by atoms with Gasteiger partial charge in [0.05, 0.1) is 6.04 Å². The summed E-state index contributed by atoms with van der Waals surface area (Å²) >= 11 is 0. The molecule has 3 heteroatoms. The van der Waals surface area contributed by atoms with Gasteiger partial charge < -0.3 is 14.8 Å². The highest BCUT2D eigenvalue weighted by molar-refractivity contribution is 4.66. The standard InChI is InChI=1S/C8H19NO2/c1-6(2)9-7(3)8(10-4)11-5/h6-9H,1-5H3. The van der Waals surface area contributed by atoms with Gasteiger partial charge in [0.2, 0.25) is 0 Å². The van der Waals surface area contributed by atoms with E-state index in [1.54, 1.807) is 14.2 Å². The van der Waals surface area contributed by atoms with E-state index >= 15 is 0 Å². The van der Waals surface area contributed by atoms with Gasteiger partial charge in [0, 0.05) is 20.3 Å². The molecule has 0 rings (SSSR count). The summed E-state index contributed by atoms with van der Waals surface area (Å²) in [6.45, 7) is 6.23. The SMILES string of the molecule is COC(OC)C(C)NC(C)C. The third-order valence-electron chi connectivity index (χ3n) is 1.47. The van der Waals surface area contributed by atoms with Crippen LogP contribution in [0, 0.1) is 0 Å². The normalized spacial score (nSPS) is 14.5. The first-order valence-corrected chi connectivity index (χ1v) is 3.93. The molecule has 0 aliphatic rings. The molecule has 0 aromatic carbocycles. The van der Waals surface area contributed by atoms with Crippen molar-refractivity contribution in [3.05, 3.63) is 0 Å². The van der Waals surface area contributed by atoms with E-state index in [-0.39, 0.29) is 12.3 Å². The number of hydrogen-bond acceptors (Lipinski definition) is 3. The van der Waals surface area contributed by atoms with Gasteiger partial charge in [-0.3, -0.25) is 0 Å². The fraction of sp³-hybridized carbons (Fsp3) is 1.00. The second kappa shape index (κ2) is 5.52. The van der Waals surface area contributed by atoms with Crippen LogP contribution in [0.1, 0.15) is 20.8 Å². The van der Waals surface area contributed by atoms with Crippen LogP contribution in [0.3, 0.4) is 0 Å². The maximum absolute atomic E-state index is 5.08. The molecule has 0 bridgehead atoms. The highest BCUT2D eigenvalue weighted by atomic mass is 16.7. The average molecular weight is 161 g/mol. The minimum atomic E-state index is -0.155. The lowest BCUT2D eigenvalue weighted by Gasteiger charge is -2.23. The van der Waals surface area contributed by atoms with E-state index in [0.717, 1.165) is 0 Å². The van der Waals surface area contributed by atoms with Gasteiger partial charge in [-0.2, -0.15) is 0 Å². The van der Waals surface area contributed by atoms with Crippen LogP contribution >= 0.6 is 0 Å². The van der Waals surface area contributed by atoms with Gasteiger partial charge in [0.1, 0.15) is 0 Å². The van der Waals surface area contributed by atoms with E-state index in [1.165, 1.54) is 0 Å². The Bertz CT molecular complexity index is 92.1. The lowest BCUT2D eigenvalue weighted by molar-refractivity contribution is -0.120. The van der Waals surface area contributed by atoms with Crippen LogP contribution in [0.25, 0.3) is 0 Å². The molecule has 0 radical (unpaired) electrons. The molecule has 1 atom stereocenters. The molecule has 0 saturated carbocycles.